The Hall–Kier alpha value is -2.88. The number of hydrogen-bond acceptors (Lipinski definition) is 2. The number of nitrogens with zero attached hydrogens (tertiary/aromatic N) is 1. The molecule has 4 heteroatoms. The summed E-state index contributed by atoms with van der Waals surface area (Å²) in [4.78, 5) is 8.25. The van der Waals surface area contributed by atoms with Crippen LogP contribution < -0.4 is 4.74 Å². The fourth-order valence-corrected chi connectivity index (χ4v) is 3.59. The number of rotatable bonds is 0. The standard InChI is InChI=1S/C20H15FN2O/c1-10-11(2)22-17-5-4-16-14(19(10)17)7-12-9-24-18-6-3-13(21)8-15(18)20(12)23-16/h3-8,22H,9H2,1-2H3. The molecular weight excluding hydrogens is 303 g/mol. The van der Waals surface area contributed by atoms with E-state index in [0.29, 0.717) is 12.4 Å². The molecule has 0 radical (unpaired) electrons. The summed E-state index contributed by atoms with van der Waals surface area (Å²) in [5, 5.41) is 2.31. The number of aryl methyl sites for hydroxylation is 2. The van der Waals surface area contributed by atoms with E-state index in [2.05, 4.69) is 31.0 Å². The zero-order valence-corrected chi connectivity index (χ0v) is 13.4. The molecule has 4 aromatic rings. The molecule has 1 aliphatic heterocycles. The summed E-state index contributed by atoms with van der Waals surface area (Å²) in [7, 11) is 0. The average molecular weight is 318 g/mol. The van der Waals surface area contributed by atoms with Crippen molar-refractivity contribution in [1.29, 1.82) is 0 Å². The first-order chi connectivity index (χ1) is 11.6. The number of aromatic nitrogens is 2. The molecular formula is C20H15FN2O. The van der Waals surface area contributed by atoms with Crippen LogP contribution in [0.15, 0.2) is 36.4 Å². The van der Waals surface area contributed by atoms with Gasteiger partial charge in [0.1, 0.15) is 18.2 Å². The zero-order chi connectivity index (χ0) is 16.4. The Morgan fingerprint density at radius 2 is 2.00 bits per heavy atom. The highest BCUT2D eigenvalue weighted by molar-refractivity contribution is 6.08. The first-order valence-corrected chi connectivity index (χ1v) is 7.96. The van der Waals surface area contributed by atoms with E-state index in [1.807, 2.05) is 6.07 Å². The number of fused-ring (bicyclic) bond motifs is 6. The van der Waals surface area contributed by atoms with Crippen LogP contribution in [0.3, 0.4) is 0 Å². The lowest BCUT2D eigenvalue weighted by molar-refractivity contribution is 0.301. The number of hydrogen-bond donors (Lipinski definition) is 1. The quantitative estimate of drug-likeness (QED) is 0.494. The van der Waals surface area contributed by atoms with E-state index in [9.17, 15) is 4.39 Å². The van der Waals surface area contributed by atoms with Gasteiger partial charge in [-0.25, -0.2) is 9.37 Å². The lowest BCUT2D eigenvalue weighted by Gasteiger charge is -2.20. The Labute approximate surface area is 138 Å². The topological polar surface area (TPSA) is 37.9 Å². The summed E-state index contributed by atoms with van der Waals surface area (Å²) in [5.41, 5.74) is 6.96. The van der Waals surface area contributed by atoms with E-state index < -0.39 is 0 Å². The van der Waals surface area contributed by atoms with Crippen LogP contribution in [-0.4, -0.2) is 9.97 Å². The lowest BCUT2D eigenvalue weighted by atomic mass is 9.98. The van der Waals surface area contributed by atoms with Gasteiger partial charge in [0.25, 0.3) is 0 Å². The SMILES string of the molecule is Cc1[nH]c2ccc3nc4c(cc3c2c1C)COc1ccc(F)cc1-4. The third-order valence-corrected chi connectivity index (χ3v) is 4.92. The van der Waals surface area contributed by atoms with Crippen molar-refractivity contribution in [2.75, 3.05) is 0 Å². The van der Waals surface area contributed by atoms with Gasteiger partial charge in [-0.05, 0) is 55.8 Å². The Kier molecular flexibility index (Phi) is 2.58. The molecule has 3 nitrogen and oxygen atoms in total. The highest BCUT2D eigenvalue weighted by Gasteiger charge is 2.21. The van der Waals surface area contributed by atoms with Crippen LogP contribution in [0.25, 0.3) is 33.1 Å². The van der Waals surface area contributed by atoms with Gasteiger partial charge in [0.15, 0.2) is 0 Å². The second-order valence-electron chi connectivity index (χ2n) is 6.36. The first kappa shape index (κ1) is 13.5. The number of ether oxygens (including phenoxy) is 1. The van der Waals surface area contributed by atoms with E-state index in [1.54, 1.807) is 6.07 Å². The summed E-state index contributed by atoms with van der Waals surface area (Å²) < 4.78 is 19.5. The largest absolute Gasteiger partial charge is 0.488 e. The highest BCUT2D eigenvalue weighted by atomic mass is 19.1. The molecule has 0 aliphatic carbocycles. The van der Waals surface area contributed by atoms with Gasteiger partial charge in [0, 0.05) is 33.1 Å². The highest BCUT2D eigenvalue weighted by Crippen LogP contribution is 2.39. The smallest absolute Gasteiger partial charge is 0.129 e. The molecule has 0 saturated carbocycles. The molecule has 0 fully saturated rings. The monoisotopic (exact) mass is 318 g/mol. The van der Waals surface area contributed by atoms with Crippen LogP contribution in [0.5, 0.6) is 5.75 Å². The van der Waals surface area contributed by atoms with Crippen molar-refractivity contribution in [2.24, 2.45) is 0 Å². The molecule has 0 saturated heterocycles. The third-order valence-electron chi connectivity index (χ3n) is 4.92. The van der Waals surface area contributed by atoms with E-state index in [4.69, 9.17) is 9.72 Å². The average Bonchev–Trinajstić information content (AvgIpc) is 2.88. The number of nitrogens with one attached hydrogen (secondary N) is 1. The summed E-state index contributed by atoms with van der Waals surface area (Å²) in [6, 6.07) is 10.8. The summed E-state index contributed by atoms with van der Waals surface area (Å²) in [6.45, 7) is 4.65. The van der Waals surface area contributed by atoms with Crippen molar-refractivity contribution in [2.45, 2.75) is 20.5 Å². The maximum absolute atomic E-state index is 13.7. The van der Waals surface area contributed by atoms with Crippen molar-refractivity contribution in [3.05, 3.63) is 59.0 Å². The van der Waals surface area contributed by atoms with Crippen LogP contribution in [0.4, 0.5) is 4.39 Å². The van der Waals surface area contributed by atoms with E-state index in [1.165, 1.54) is 28.8 Å². The summed E-state index contributed by atoms with van der Waals surface area (Å²) >= 11 is 0. The number of pyridine rings is 1. The minimum atomic E-state index is -0.278. The Morgan fingerprint density at radius 1 is 1.12 bits per heavy atom. The second-order valence-corrected chi connectivity index (χ2v) is 6.36. The number of H-pyrrole nitrogens is 1. The molecule has 0 bridgehead atoms. The molecule has 0 atom stereocenters. The van der Waals surface area contributed by atoms with Gasteiger partial charge in [-0.15, -0.1) is 0 Å². The molecule has 24 heavy (non-hydrogen) atoms. The van der Waals surface area contributed by atoms with Gasteiger partial charge in [-0.2, -0.15) is 0 Å². The molecule has 2 aromatic heterocycles. The van der Waals surface area contributed by atoms with E-state index in [0.717, 1.165) is 33.2 Å². The van der Waals surface area contributed by atoms with Crippen molar-refractivity contribution in [3.8, 4) is 17.0 Å². The fraction of sp³-hybridized carbons (Fsp3) is 0.150. The molecule has 1 N–H and O–H groups in total. The van der Waals surface area contributed by atoms with Crippen LogP contribution in [0, 0.1) is 19.7 Å². The van der Waals surface area contributed by atoms with Crippen LogP contribution in [-0.2, 0) is 6.61 Å². The molecule has 1 aliphatic rings. The Morgan fingerprint density at radius 3 is 2.88 bits per heavy atom. The van der Waals surface area contributed by atoms with Crippen molar-refractivity contribution < 1.29 is 9.13 Å². The van der Waals surface area contributed by atoms with Crippen LogP contribution >= 0.6 is 0 Å². The predicted molar refractivity (Wildman–Crippen MR) is 92.8 cm³/mol. The number of halogens is 1. The maximum Gasteiger partial charge on any atom is 0.129 e. The fourth-order valence-electron chi connectivity index (χ4n) is 3.59. The molecule has 2 aromatic carbocycles. The van der Waals surface area contributed by atoms with Gasteiger partial charge in [-0.1, -0.05) is 0 Å². The molecule has 0 amide bonds. The van der Waals surface area contributed by atoms with Gasteiger partial charge >= 0.3 is 0 Å². The zero-order valence-electron chi connectivity index (χ0n) is 13.4. The predicted octanol–water partition coefficient (Wildman–Crippen LogP) is 5.03. The summed E-state index contributed by atoms with van der Waals surface area (Å²) in [6.07, 6.45) is 0. The third kappa shape index (κ3) is 1.74. The molecule has 118 valence electrons. The van der Waals surface area contributed by atoms with Gasteiger partial charge in [0.2, 0.25) is 0 Å². The van der Waals surface area contributed by atoms with Gasteiger partial charge in [0.05, 0.1) is 11.2 Å². The molecule has 5 rings (SSSR count). The number of benzene rings is 2. The van der Waals surface area contributed by atoms with Crippen molar-refractivity contribution >= 4 is 21.8 Å². The lowest BCUT2D eigenvalue weighted by Crippen LogP contribution is -2.07. The first-order valence-electron chi connectivity index (χ1n) is 7.96. The van der Waals surface area contributed by atoms with Gasteiger partial charge < -0.3 is 9.72 Å². The van der Waals surface area contributed by atoms with Crippen LogP contribution in [0.1, 0.15) is 16.8 Å². The van der Waals surface area contributed by atoms with E-state index in [-0.39, 0.29) is 5.82 Å². The number of aromatic amines is 1. The maximum atomic E-state index is 13.7. The molecule has 3 heterocycles. The van der Waals surface area contributed by atoms with Crippen molar-refractivity contribution in [1.82, 2.24) is 9.97 Å². The van der Waals surface area contributed by atoms with Crippen LogP contribution in [0.2, 0.25) is 0 Å². The second kappa shape index (κ2) is 4.57. The molecule has 0 spiro atoms. The molecule has 0 unspecified atom stereocenters. The van der Waals surface area contributed by atoms with Gasteiger partial charge in [-0.3, -0.25) is 0 Å². The van der Waals surface area contributed by atoms with Crippen molar-refractivity contribution in [3.63, 3.8) is 0 Å². The minimum absolute atomic E-state index is 0.278. The minimum Gasteiger partial charge on any atom is -0.488 e. The van der Waals surface area contributed by atoms with E-state index >= 15 is 0 Å². The summed E-state index contributed by atoms with van der Waals surface area (Å²) in [5.74, 6) is 0.408. The Balaban J connectivity index is 1.87. The normalized spacial score (nSPS) is 13.0. The Bertz CT molecular complexity index is 1140.